The molecule has 100 valence electrons. The highest BCUT2D eigenvalue weighted by Crippen LogP contribution is 2.43. The van der Waals surface area contributed by atoms with E-state index in [4.69, 9.17) is 10.5 Å². The van der Waals surface area contributed by atoms with Gasteiger partial charge in [0.1, 0.15) is 0 Å². The first-order valence-electron chi connectivity index (χ1n) is 6.91. The molecular weight excluding hydrogens is 212 g/mol. The van der Waals surface area contributed by atoms with Crippen LogP contribution in [0.4, 0.5) is 0 Å². The molecule has 3 nitrogen and oxygen atoms in total. The van der Waals surface area contributed by atoms with Gasteiger partial charge in [-0.1, -0.05) is 13.3 Å². The predicted octanol–water partition coefficient (Wildman–Crippen LogP) is 2.15. The Morgan fingerprint density at radius 3 is 2.24 bits per heavy atom. The molecule has 0 aromatic heterocycles. The van der Waals surface area contributed by atoms with E-state index in [2.05, 4.69) is 39.5 Å². The molecule has 0 aromatic carbocycles. The average Bonchev–Trinajstić information content (AvgIpc) is 2.30. The van der Waals surface area contributed by atoms with Crippen molar-refractivity contribution in [3.8, 4) is 0 Å². The van der Waals surface area contributed by atoms with Crippen LogP contribution in [-0.2, 0) is 4.74 Å². The highest BCUT2D eigenvalue weighted by Gasteiger charge is 2.53. The fourth-order valence-electron chi connectivity index (χ4n) is 3.74. The summed E-state index contributed by atoms with van der Waals surface area (Å²) >= 11 is 0. The molecule has 1 unspecified atom stereocenters. The maximum absolute atomic E-state index is 6.35. The van der Waals surface area contributed by atoms with Gasteiger partial charge in [-0.05, 0) is 40.5 Å². The zero-order valence-corrected chi connectivity index (χ0v) is 12.0. The van der Waals surface area contributed by atoms with Gasteiger partial charge in [0.25, 0.3) is 0 Å². The van der Waals surface area contributed by atoms with Crippen molar-refractivity contribution in [1.29, 1.82) is 0 Å². The van der Waals surface area contributed by atoms with Crippen LogP contribution in [0.2, 0.25) is 0 Å². The molecule has 0 radical (unpaired) electrons. The van der Waals surface area contributed by atoms with Gasteiger partial charge in [0, 0.05) is 24.7 Å². The van der Waals surface area contributed by atoms with E-state index in [0.29, 0.717) is 6.04 Å². The van der Waals surface area contributed by atoms with Crippen LogP contribution in [0.3, 0.4) is 0 Å². The maximum atomic E-state index is 6.35. The molecule has 0 aliphatic carbocycles. The van der Waals surface area contributed by atoms with Crippen molar-refractivity contribution in [2.45, 2.75) is 76.7 Å². The molecule has 2 N–H and O–H groups in total. The van der Waals surface area contributed by atoms with Crippen LogP contribution in [0, 0.1) is 0 Å². The van der Waals surface area contributed by atoms with Crippen LogP contribution >= 0.6 is 0 Å². The summed E-state index contributed by atoms with van der Waals surface area (Å²) in [6, 6.07) is 0.519. The van der Waals surface area contributed by atoms with Crippen LogP contribution in [0.1, 0.15) is 53.9 Å². The fourth-order valence-corrected chi connectivity index (χ4v) is 3.74. The van der Waals surface area contributed by atoms with E-state index in [1.54, 1.807) is 0 Å². The van der Waals surface area contributed by atoms with E-state index in [0.717, 1.165) is 25.9 Å². The second-order valence-electron chi connectivity index (χ2n) is 7.20. The molecule has 0 spiro atoms. The lowest BCUT2D eigenvalue weighted by Gasteiger charge is -2.53. The number of nitrogens with zero attached hydrogens (tertiary/aromatic N) is 1. The summed E-state index contributed by atoms with van der Waals surface area (Å²) in [5, 5.41) is 0. The first-order valence-corrected chi connectivity index (χ1v) is 6.91. The van der Waals surface area contributed by atoms with E-state index in [9.17, 15) is 0 Å². The minimum Gasteiger partial charge on any atom is -0.368 e. The molecule has 0 aromatic rings. The molecule has 0 bridgehead atoms. The van der Waals surface area contributed by atoms with Crippen LogP contribution in [0.5, 0.6) is 0 Å². The molecule has 2 aliphatic heterocycles. The third-order valence-electron chi connectivity index (χ3n) is 4.25. The van der Waals surface area contributed by atoms with Gasteiger partial charge in [0.2, 0.25) is 0 Å². The predicted molar refractivity (Wildman–Crippen MR) is 71.0 cm³/mol. The highest BCUT2D eigenvalue weighted by molar-refractivity contribution is 5.08. The Hall–Kier alpha value is -0.120. The van der Waals surface area contributed by atoms with Gasteiger partial charge in [-0.25, -0.2) is 0 Å². The maximum Gasteiger partial charge on any atom is 0.0789 e. The average molecular weight is 240 g/mol. The van der Waals surface area contributed by atoms with Crippen molar-refractivity contribution in [3.05, 3.63) is 0 Å². The number of hydrogen-bond donors (Lipinski definition) is 1. The minimum atomic E-state index is -0.0446. The Morgan fingerprint density at radius 2 is 1.82 bits per heavy atom. The second-order valence-corrected chi connectivity index (χ2v) is 7.20. The van der Waals surface area contributed by atoms with E-state index in [1.165, 1.54) is 6.42 Å². The zero-order chi connectivity index (χ0) is 12.9. The summed E-state index contributed by atoms with van der Waals surface area (Å²) in [4.78, 5) is 2.52. The summed E-state index contributed by atoms with van der Waals surface area (Å²) in [5.41, 5.74) is 6.37. The molecule has 0 amide bonds. The molecule has 0 saturated carbocycles. The molecular formula is C14H28N2O. The number of ether oxygens (including phenoxy) is 1. The largest absolute Gasteiger partial charge is 0.368 e. The highest BCUT2D eigenvalue weighted by atomic mass is 16.5. The Balaban J connectivity index is 1.97. The molecule has 2 heterocycles. The van der Waals surface area contributed by atoms with E-state index in [1.807, 2.05) is 0 Å². The second kappa shape index (κ2) is 3.94. The number of likely N-dealkylation sites (tertiary alicyclic amines) is 1. The van der Waals surface area contributed by atoms with Gasteiger partial charge in [0.15, 0.2) is 0 Å². The normalized spacial score (nSPS) is 34.6. The number of nitrogens with two attached hydrogens (primary N) is 1. The lowest BCUT2D eigenvalue weighted by molar-refractivity contribution is -0.0948. The lowest BCUT2D eigenvalue weighted by atomic mass is 9.81. The summed E-state index contributed by atoms with van der Waals surface area (Å²) in [7, 11) is 0. The molecule has 1 atom stereocenters. The van der Waals surface area contributed by atoms with Crippen molar-refractivity contribution in [2.75, 3.05) is 13.1 Å². The van der Waals surface area contributed by atoms with Gasteiger partial charge < -0.3 is 10.5 Å². The van der Waals surface area contributed by atoms with Gasteiger partial charge >= 0.3 is 0 Å². The van der Waals surface area contributed by atoms with Crippen LogP contribution in [0.15, 0.2) is 0 Å². The number of rotatable bonds is 3. The minimum absolute atomic E-state index is 0.00573. The summed E-state index contributed by atoms with van der Waals surface area (Å²) < 4.78 is 6.15. The van der Waals surface area contributed by atoms with E-state index < -0.39 is 0 Å². The molecule has 2 fully saturated rings. The summed E-state index contributed by atoms with van der Waals surface area (Å²) in [6.07, 6.45) is 3.43. The van der Waals surface area contributed by atoms with E-state index >= 15 is 0 Å². The van der Waals surface area contributed by atoms with Crippen molar-refractivity contribution in [2.24, 2.45) is 5.73 Å². The lowest BCUT2D eigenvalue weighted by Crippen LogP contribution is -2.71. The molecule has 2 saturated heterocycles. The Bertz CT molecular complexity index is 293. The van der Waals surface area contributed by atoms with Crippen LogP contribution in [0.25, 0.3) is 0 Å². The van der Waals surface area contributed by atoms with Crippen LogP contribution in [-0.4, -0.2) is 40.8 Å². The smallest absolute Gasteiger partial charge is 0.0789 e. The third-order valence-corrected chi connectivity index (χ3v) is 4.25. The zero-order valence-electron chi connectivity index (χ0n) is 12.0. The Labute approximate surface area is 106 Å². The van der Waals surface area contributed by atoms with E-state index in [-0.39, 0.29) is 16.7 Å². The Morgan fingerprint density at radius 1 is 1.24 bits per heavy atom. The quantitative estimate of drug-likeness (QED) is 0.821. The number of hydrogen-bond acceptors (Lipinski definition) is 3. The third kappa shape index (κ3) is 2.51. The SMILES string of the molecule is CCCC1(N)CN(C2CC(C)(C)OC2(C)C)C1. The van der Waals surface area contributed by atoms with Crippen molar-refractivity contribution in [3.63, 3.8) is 0 Å². The monoisotopic (exact) mass is 240 g/mol. The molecule has 2 rings (SSSR count). The van der Waals surface area contributed by atoms with Crippen molar-refractivity contribution in [1.82, 2.24) is 4.90 Å². The Kier molecular flexibility index (Phi) is 3.08. The van der Waals surface area contributed by atoms with Gasteiger partial charge in [-0.15, -0.1) is 0 Å². The standard InChI is InChI=1S/C14H28N2O/c1-6-7-14(15)9-16(10-14)11-8-12(2,3)17-13(11,4)5/h11H,6-10,15H2,1-5H3. The first-order chi connectivity index (χ1) is 7.68. The van der Waals surface area contributed by atoms with Crippen LogP contribution < -0.4 is 5.73 Å². The van der Waals surface area contributed by atoms with Gasteiger partial charge in [-0.3, -0.25) is 4.90 Å². The fraction of sp³-hybridized carbons (Fsp3) is 1.00. The van der Waals surface area contributed by atoms with Crippen molar-refractivity contribution >= 4 is 0 Å². The topological polar surface area (TPSA) is 38.5 Å². The first kappa shape index (κ1) is 13.3. The van der Waals surface area contributed by atoms with Crippen molar-refractivity contribution < 1.29 is 4.74 Å². The van der Waals surface area contributed by atoms with Gasteiger partial charge in [-0.2, -0.15) is 0 Å². The molecule has 17 heavy (non-hydrogen) atoms. The molecule has 2 aliphatic rings. The summed E-state index contributed by atoms with van der Waals surface area (Å²) in [6.45, 7) is 13.1. The summed E-state index contributed by atoms with van der Waals surface area (Å²) in [5.74, 6) is 0. The van der Waals surface area contributed by atoms with Gasteiger partial charge in [0.05, 0.1) is 11.2 Å². The molecule has 3 heteroatoms.